The highest BCUT2D eigenvalue weighted by Crippen LogP contribution is 2.29. The first-order valence-corrected chi connectivity index (χ1v) is 7.11. The number of fused-ring (bicyclic) bond motifs is 1. The first-order valence-electron chi connectivity index (χ1n) is 6.73. The van der Waals surface area contributed by atoms with Crippen molar-refractivity contribution >= 4 is 34.4 Å². The number of hydrogen-bond acceptors (Lipinski definition) is 5. The summed E-state index contributed by atoms with van der Waals surface area (Å²) in [5, 5.41) is 12.7. The third-order valence-corrected chi connectivity index (χ3v) is 3.61. The number of furan rings is 1. The van der Waals surface area contributed by atoms with Crippen molar-refractivity contribution in [1.82, 2.24) is 9.55 Å². The Morgan fingerprint density at radius 3 is 2.96 bits per heavy atom. The molecule has 8 heteroatoms. The van der Waals surface area contributed by atoms with E-state index in [0.717, 1.165) is 9.95 Å². The largest absolute Gasteiger partial charge is 0.480 e. The van der Waals surface area contributed by atoms with Gasteiger partial charge in [0.2, 0.25) is 0 Å². The number of nitrogens with zero attached hydrogens (tertiary/aromatic N) is 2. The molecule has 0 fully saturated rings. The number of carboxylic acid groups (broad SMARTS) is 1. The Balaban J connectivity index is 1.87. The lowest BCUT2D eigenvalue weighted by Crippen LogP contribution is -2.27. The van der Waals surface area contributed by atoms with Crippen LogP contribution in [-0.4, -0.2) is 20.6 Å². The number of halogens is 1. The summed E-state index contributed by atoms with van der Waals surface area (Å²) >= 11 is 6.09. The Morgan fingerprint density at radius 2 is 2.17 bits per heavy atom. The van der Waals surface area contributed by atoms with E-state index in [0.29, 0.717) is 11.1 Å². The molecule has 7 nitrogen and oxygen atoms in total. The molecule has 0 atom stereocenters. The van der Waals surface area contributed by atoms with E-state index in [2.05, 4.69) is 10.3 Å². The Kier molecular flexibility index (Phi) is 4.03. The van der Waals surface area contributed by atoms with Gasteiger partial charge in [0.25, 0.3) is 5.56 Å². The third-order valence-electron chi connectivity index (χ3n) is 3.30. The fourth-order valence-corrected chi connectivity index (χ4v) is 2.50. The van der Waals surface area contributed by atoms with Gasteiger partial charge in [0.1, 0.15) is 12.1 Å². The number of carbonyl (C=O) groups is 1. The van der Waals surface area contributed by atoms with Crippen LogP contribution < -0.4 is 10.9 Å². The van der Waals surface area contributed by atoms with Gasteiger partial charge in [0.15, 0.2) is 11.0 Å². The lowest BCUT2D eigenvalue weighted by atomic mass is 10.2. The number of para-hydroxylation sites is 1. The van der Waals surface area contributed by atoms with E-state index in [1.807, 2.05) is 18.2 Å². The van der Waals surface area contributed by atoms with Gasteiger partial charge in [-0.15, -0.1) is 0 Å². The number of hydrogen-bond donors (Lipinski definition) is 2. The van der Waals surface area contributed by atoms with Crippen LogP contribution in [0, 0.1) is 0 Å². The van der Waals surface area contributed by atoms with Crippen LogP contribution in [0.5, 0.6) is 0 Å². The van der Waals surface area contributed by atoms with E-state index >= 15 is 0 Å². The van der Waals surface area contributed by atoms with E-state index in [1.165, 1.54) is 12.4 Å². The Bertz CT molecular complexity index is 932. The maximum atomic E-state index is 12.1. The molecule has 0 radical (unpaired) electrons. The molecule has 2 heterocycles. The minimum absolute atomic E-state index is 0.0510. The number of benzene rings is 1. The van der Waals surface area contributed by atoms with Crippen LogP contribution >= 0.6 is 11.6 Å². The number of nitrogens with one attached hydrogen (secondary N) is 1. The van der Waals surface area contributed by atoms with E-state index in [-0.39, 0.29) is 17.6 Å². The quantitative estimate of drug-likeness (QED) is 0.743. The Labute approximate surface area is 135 Å². The molecule has 0 unspecified atom stereocenters. The minimum Gasteiger partial charge on any atom is -0.480 e. The molecular formula is C15H12ClN3O4. The van der Waals surface area contributed by atoms with Crippen LogP contribution in [0.4, 0.5) is 5.82 Å². The second-order valence-electron chi connectivity index (χ2n) is 4.81. The van der Waals surface area contributed by atoms with Gasteiger partial charge < -0.3 is 14.8 Å². The van der Waals surface area contributed by atoms with Crippen molar-refractivity contribution in [2.75, 3.05) is 5.32 Å². The van der Waals surface area contributed by atoms with Crippen molar-refractivity contribution in [3.63, 3.8) is 0 Å². The van der Waals surface area contributed by atoms with Crippen LogP contribution in [0.25, 0.3) is 11.0 Å². The molecule has 23 heavy (non-hydrogen) atoms. The lowest BCUT2D eigenvalue weighted by molar-refractivity contribution is -0.137. The molecule has 0 spiro atoms. The van der Waals surface area contributed by atoms with Crippen molar-refractivity contribution < 1.29 is 14.3 Å². The van der Waals surface area contributed by atoms with Crippen LogP contribution in [0.15, 0.2) is 45.9 Å². The summed E-state index contributed by atoms with van der Waals surface area (Å²) in [5.74, 6) is -1.05. The molecule has 2 N–H and O–H groups in total. The van der Waals surface area contributed by atoms with Crippen molar-refractivity contribution in [3.05, 3.63) is 57.8 Å². The number of aromatic nitrogens is 2. The fraction of sp³-hybridized carbons (Fsp3) is 0.133. The molecule has 0 aliphatic carbocycles. The summed E-state index contributed by atoms with van der Waals surface area (Å²) in [4.78, 5) is 26.8. The SMILES string of the molecule is O=C(O)Cn1ccnc(NCc2c(Cl)oc3ccccc23)c1=O. The molecule has 0 bridgehead atoms. The van der Waals surface area contributed by atoms with Crippen molar-refractivity contribution in [3.8, 4) is 0 Å². The first kappa shape index (κ1) is 15.1. The van der Waals surface area contributed by atoms with Gasteiger partial charge in [-0.2, -0.15) is 0 Å². The average molecular weight is 334 g/mol. The summed E-state index contributed by atoms with van der Waals surface area (Å²) in [6.07, 6.45) is 2.68. The molecular weight excluding hydrogens is 322 g/mol. The highest BCUT2D eigenvalue weighted by Gasteiger charge is 2.13. The maximum Gasteiger partial charge on any atom is 0.323 e. The molecule has 0 aliphatic heterocycles. The van der Waals surface area contributed by atoms with Crippen molar-refractivity contribution in [2.24, 2.45) is 0 Å². The summed E-state index contributed by atoms with van der Waals surface area (Å²) in [7, 11) is 0. The predicted molar refractivity (Wildman–Crippen MR) is 84.7 cm³/mol. The molecule has 3 rings (SSSR count). The molecule has 0 amide bonds. The van der Waals surface area contributed by atoms with E-state index in [4.69, 9.17) is 21.1 Å². The van der Waals surface area contributed by atoms with Gasteiger partial charge in [0, 0.05) is 29.9 Å². The lowest BCUT2D eigenvalue weighted by Gasteiger charge is -2.07. The molecule has 2 aromatic heterocycles. The molecule has 118 valence electrons. The summed E-state index contributed by atoms with van der Waals surface area (Å²) in [5.41, 5.74) is 0.842. The Morgan fingerprint density at radius 1 is 1.39 bits per heavy atom. The molecule has 0 saturated carbocycles. The van der Waals surface area contributed by atoms with Crippen LogP contribution in [0.1, 0.15) is 5.56 Å². The zero-order chi connectivity index (χ0) is 16.4. The topological polar surface area (TPSA) is 97.4 Å². The highest BCUT2D eigenvalue weighted by molar-refractivity contribution is 6.30. The summed E-state index contributed by atoms with van der Waals surface area (Å²) in [6.45, 7) is -0.194. The first-order chi connectivity index (χ1) is 11.1. The van der Waals surface area contributed by atoms with Gasteiger partial charge in [-0.3, -0.25) is 14.2 Å². The van der Waals surface area contributed by atoms with E-state index in [9.17, 15) is 9.59 Å². The van der Waals surface area contributed by atoms with Gasteiger partial charge >= 0.3 is 5.97 Å². The standard InChI is InChI=1S/C15H12ClN3O4/c16-13-10(9-3-1-2-4-11(9)23-13)7-18-14-15(22)19(6-5-17-14)8-12(20)21/h1-6H,7-8H2,(H,17,18)(H,20,21). The number of carboxylic acids is 1. The fourth-order valence-electron chi connectivity index (χ4n) is 2.24. The van der Waals surface area contributed by atoms with Crippen LogP contribution in [-0.2, 0) is 17.9 Å². The number of rotatable bonds is 5. The van der Waals surface area contributed by atoms with Crippen LogP contribution in [0.2, 0.25) is 5.22 Å². The Hall–Kier alpha value is -2.80. The highest BCUT2D eigenvalue weighted by atomic mass is 35.5. The number of aliphatic carboxylic acids is 1. The summed E-state index contributed by atoms with van der Waals surface area (Å²) < 4.78 is 6.50. The second-order valence-corrected chi connectivity index (χ2v) is 5.15. The molecule has 3 aromatic rings. The molecule has 0 saturated heterocycles. The summed E-state index contributed by atoms with van der Waals surface area (Å²) in [6, 6.07) is 7.36. The van der Waals surface area contributed by atoms with E-state index in [1.54, 1.807) is 6.07 Å². The van der Waals surface area contributed by atoms with E-state index < -0.39 is 18.1 Å². The third kappa shape index (κ3) is 3.04. The minimum atomic E-state index is -1.10. The van der Waals surface area contributed by atoms with Crippen molar-refractivity contribution in [2.45, 2.75) is 13.1 Å². The zero-order valence-corrected chi connectivity index (χ0v) is 12.6. The smallest absolute Gasteiger partial charge is 0.323 e. The van der Waals surface area contributed by atoms with Gasteiger partial charge in [0.05, 0.1) is 0 Å². The average Bonchev–Trinajstić information content (AvgIpc) is 2.83. The predicted octanol–water partition coefficient (Wildman–Crippen LogP) is 2.34. The molecule has 1 aromatic carbocycles. The second kappa shape index (κ2) is 6.13. The van der Waals surface area contributed by atoms with Crippen molar-refractivity contribution in [1.29, 1.82) is 0 Å². The molecule has 0 aliphatic rings. The maximum absolute atomic E-state index is 12.1. The van der Waals surface area contributed by atoms with Gasteiger partial charge in [-0.05, 0) is 17.7 Å². The zero-order valence-electron chi connectivity index (χ0n) is 11.8. The normalized spacial score (nSPS) is 10.8. The monoisotopic (exact) mass is 333 g/mol. The van der Waals surface area contributed by atoms with Gasteiger partial charge in [-0.1, -0.05) is 18.2 Å². The van der Waals surface area contributed by atoms with Crippen LogP contribution in [0.3, 0.4) is 0 Å². The van der Waals surface area contributed by atoms with Gasteiger partial charge in [-0.25, -0.2) is 4.98 Å². The number of anilines is 1.